The van der Waals surface area contributed by atoms with E-state index >= 15 is 0 Å². The molecule has 1 atom stereocenters. The zero-order chi connectivity index (χ0) is 22.9. The van der Waals surface area contributed by atoms with Gasteiger partial charge in [-0.05, 0) is 24.5 Å². The van der Waals surface area contributed by atoms with Crippen molar-refractivity contribution in [2.24, 2.45) is 0 Å². The van der Waals surface area contributed by atoms with Crippen molar-refractivity contribution >= 4 is 27.7 Å². The summed E-state index contributed by atoms with van der Waals surface area (Å²) in [6.07, 6.45) is 2.34. The summed E-state index contributed by atoms with van der Waals surface area (Å²) >= 11 is 0. The van der Waals surface area contributed by atoms with Gasteiger partial charge in [-0.15, -0.1) is 6.58 Å². The van der Waals surface area contributed by atoms with Gasteiger partial charge in [0, 0.05) is 17.5 Å². The molecule has 0 aliphatic heterocycles. The van der Waals surface area contributed by atoms with Crippen LogP contribution >= 0.6 is 0 Å². The third-order valence-electron chi connectivity index (χ3n) is 4.62. The van der Waals surface area contributed by atoms with Crippen molar-refractivity contribution in [2.75, 3.05) is 5.75 Å². The van der Waals surface area contributed by atoms with Gasteiger partial charge >= 0.3 is 5.97 Å². The number of unbranched alkanes of at least 4 members (excludes halogenated alkanes) is 2. The van der Waals surface area contributed by atoms with Crippen molar-refractivity contribution in [2.45, 2.75) is 31.6 Å². The van der Waals surface area contributed by atoms with Gasteiger partial charge < -0.3 is 5.11 Å². The molecule has 2 N–H and O–H groups in total. The Kier molecular flexibility index (Phi) is 8.69. The van der Waals surface area contributed by atoms with Gasteiger partial charge in [0.2, 0.25) is 15.9 Å². The summed E-state index contributed by atoms with van der Waals surface area (Å²) in [4.78, 5) is 35.7. The molecule has 164 valence electrons. The van der Waals surface area contributed by atoms with E-state index in [1.807, 2.05) is 4.72 Å². The van der Waals surface area contributed by atoms with E-state index in [1.54, 1.807) is 54.6 Å². The molecule has 1 unspecified atom stereocenters. The van der Waals surface area contributed by atoms with Crippen LogP contribution in [0.4, 0.5) is 0 Å². The molecule has 1 amide bonds. The van der Waals surface area contributed by atoms with E-state index < -0.39 is 27.8 Å². The number of benzene rings is 2. The first kappa shape index (κ1) is 24.0. The van der Waals surface area contributed by atoms with Crippen molar-refractivity contribution in [3.8, 4) is 0 Å². The lowest BCUT2D eigenvalue weighted by molar-refractivity contribution is -0.137. The lowest BCUT2D eigenvalue weighted by Gasteiger charge is -2.15. The van der Waals surface area contributed by atoms with Crippen LogP contribution < -0.4 is 4.72 Å². The highest BCUT2D eigenvalue weighted by atomic mass is 32.2. The Morgan fingerprint density at radius 3 is 2.29 bits per heavy atom. The Balaban J connectivity index is 2.06. The van der Waals surface area contributed by atoms with Crippen molar-refractivity contribution < 1.29 is 27.9 Å². The van der Waals surface area contributed by atoms with E-state index in [4.69, 9.17) is 5.11 Å². The smallest absolute Gasteiger partial charge is 0.303 e. The van der Waals surface area contributed by atoms with Crippen LogP contribution in [0.15, 0.2) is 67.3 Å². The summed E-state index contributed by atoms with van der Waals surface area (Å²) < 4.78 is 26.5. The predicted molar refractivity (Wildman–Crippen MR) is 117 cm³/mol. The molecule has 0 spiro atoms. The van der Waals surface area contributed by atoms with Crippen LogP contribution in [0.25, 0.3) is 0 Å². The molecule has 0 bridgehead atoms. The van der Waals surface area contributed by atoms with Crippen LogP contribution in [-0.2, 0) is 19.6 Å². The first-order valence-corrected chi connectivity index (χ1v) is 11.5. The number of hydrogen-bond donors (Lipinski definition) is 2. The van der Waals surface area contributed by atoms with Crippen LogP contribution in [0.5, 0.6) is 0 Å². The Hall–Kier alpha value is -3.26. The molecule has 2 aromatic carbocycles. The quantitative estimate of drug-likeness (QED) is 0.295. The average Bonchev–Trinajstić information content (AvgIpc) is 2.73. The molecule has 0 saturated carbocycles. The van der Waals surface area contributed by atoms with E-state index in [0.717, 1.165) is 0 Å². The fraction of sp³-hybridized carbons (Fsp3) is 0.261. The number of carbonyl (C=O) groups is 3. The fourth-order valence-corrected chi connectivity index (χ4v) is 4.16. The lowest BCUT2D eigenvalue weighted by Crippen LogP contribution is -2.35. The molecule has 0 aromatic heterocycles. The largest absolute Gasteiger partial charge is 0.481 e. The fourth-order valence-electron chi connectivity index (χ4n) is 3.04. The number of carboxylic acids is 1. The highest BCUT2D eigenvalue weighted by Gasteiger charge is 2.23. The number of nitrogens with one attached hydrogen (secondary N) is 1. The molecule has 7 nitrogen and oxygen atoms in total. The third-order valence-corrected chi connectivity index (χ3v) is 5.96. The summed E-state index contributed by atoms with van der Waals surface area (Å²) in [5.41, 5.74) is 1.33. The number of carbonyl (C=O) groups excluding carboxylic acids is 2. The van der Waals surface area contributed by atoms with E-state index in [0.29, 0.717) is 29.5 Å². The topological polar surface area (TPSA) is 118 Å². The van der Waals surface area contributed by atoms with E-state index in [-0.39, 0.29) is 24.4 Å². The summed E-state index contributed by atoms with van der Waals surface area (Å²) in [6, 6.07) is 15.1. The van der Waals surface area contributed by atoms with Gasteiger partial charge in [-0.2, -0.15) is 0 Å². The van der Waals surface area contributed by atoms with Crippen LogP contribution in [0.3, 0.4) is 0 Å². The van der Waals surface area contributed by atoms with Crippen LogP contribution in [-0.4, -0.2) is 36.9 Å². The van der Waals surface area contributed by atoms with Crippen molar-refractivity contribution in [3.63, 3.8) is 0 Å². The Morgan fingerprint density at radius 2 is 1.65 bits per heavy atom. The molecule has 31 heavy (non-hydrogen) atoms. The average molecular weight is 444 g/mol. The molecule has 0 saturated heterocycles. The normalized spacial score (nSPS) is 12.0. The highest BCUT2D eigenvalue weighted by Crippen LogP contribution is 2.21. The van der Waals surface area contributed by atoms with Crippen molar-refractivity contribution in [1.29, 1.82) is 0 Å². The molecule has 0 fully saturated rings. The molecule has 2 aromatic rings. The van der Waals surface area contributed by atoms with Crippen molar-refractivity contribution in [1.82, 2.24) is 4.72 Å². The van der Waals surface area contributed by atoms with Crippen LogP contribution in [0, 0.1) is 0 Å². The van der Waals surface area contributed by atoms with Crippen LogP contribution in [0.1, 0.15) is 53.1 Å². The summed E-state index contributed by atoms with van der Waals surface area (Å²) in [5.74, 6) is -3.14. The Bertz CT molecular complexity index is 1050. The highest BCUT2D eigenvalue weighted by molar-refractivity contribution is 7.90. The number of sulfonamides is 1. The van der Waals surface area contributed by atoms with Gasteiger partial charge in [0.1, 0.15) is 0 Å². The van der Waals surface area contributed by atoms with E-state index in [2.05, 4.69) is 6.58 Å². The first-order chi connectivity index (χ1) is 14.7. The monoisotopic (exact) mass is 443 g/mol. The number of carboxylic acid groups (broad SMARTS) is 1. The predicted octanol–water partition coefficient (Wildman–Crippen LogP) is 3.28. The number of ketones is 1. The van der Waals surface area contributed by atoms with Crippen LogP contribution in [0.2, 0.25) is 0 Å². The van der Waals surface area contributed by atoms with Gasteiger partial charge in [-0.1, -0.05) is 61.0 Å². The van der Waals surface area contributed by atoms with E-state index in [1.165, 1.54) is 6.08 Å². The third kappa shape index (κ3) is 7.49. The second-order valence-electron chi connectivity index (χ2n) is 7.02. The maximum absolute atomic E-state index is 12.7. The molecule has 0 aliphatic carbocycles. The van der Waals surface area contributed by atoms with Crippen molar-refractivity contribution in [3.05, 3.63) is 83.9 Å². The minimum atomic E-state index is -3.88. The lowest BCUT2D eigenvalue weighted by atomic mass is 9.94. The van der Waals surface area contributed by atoms with Gasteiger partial charge in [-0.3, -0.25) is 19.1 Å². The van der Waals surface area contributed by atoms with Gasteiger partial charge in [0.15, 0.2) is 5.78 Å². The standard InChI is InChI=1S/C23H25NO6S/c1-2-20(23(28)24-31(29,30)15-8-4-7-14-21(25)26)18-12-9-13-19(16-18)22(27)17-10-5-3-6-11-17/h2-3,5-6,9-13,16,20H,1,4,7-8,14-15H2,(H,24,28)(H,25,26). The summed E-state index contributed by atoms with van der Waals surface area (Å²) in [6.45, 7) is 3.63. The zero-order valence-electron chi connectivity index (χ0n) is 17.0. The minimum Gasteiger partial charge on any atom is -0.481 e. The van der Waals surface area contributed by atoms with Gasteiger partial charge in [0.25, 0.3) is 0 Å². The second kappa shape index (κ2) is 11.2. The molecule has 8 heteroatoms. The first-order valence-electron chi connectivity index (χ1n) is 9.82. The molecular formula is C23H25NO6S. The molecule has 0 heterocycles. The van der Waals surface area contributed by atoms with Gasteiger partial charge in [0.05, 0.1) is 11.7 Å². The number of hydrogen-bond acceptors (Lipinski definition) is 5. The second-order valence-corrected chi connectivity index (χ2v) is 8.87. The molecule has 2 rings (SSSR count). The molecule has 0 radical (unpaired) electrons. The van der Waals surface area contributed by atoms with Gasteiger partial charge in [-0.25, -0.2) is 8.42 Å². The Labute approximate surface area is 181 Å². The maximum atomic E-state index is 12.7. The summed E-state index contributed by atoms with van der Waals surface area (Å²) in [7, 11) is -3.88. The zero-order valence-corrected chi connectivity index (χ0v) is 17.8. The van der Waals surface area contributed by atoms with E-state index in [9.17, 15) is 22.8 Å². The number of amides is 1. The number of aliphatic carboxylic acids is 1. The Morgan fingerprint density at radius 1 is 0.968 bits per heavy atom. The number of rotatable bonds is 12. The molecule has 0 aliphatic rings. The summed E-state index contributed by atoms with van der Waals surface area (Å²) in [5, 5.41) is 8.60. The SMILES string of the molecule is C=CC(C(=O)NS(=O)(=O)CCCCCC(=O)O)c1cccc(C(=O)c2ccccc2)c1. The molecular weight excluding hydrogens is 418 g/mol. The maximum Gasteiger partial charge on any atom is 0.303 e. The minimum absolute atomic E-state index is 0.0248.